The fourth-order valence-electron chi connectivity index (χ4n) is 2.17. The van der Waals surface area contributed by atoms with Crippen molar-refractivity contribution < 1.29 is 9.18 Å². The van der Waals surface area contributed by atoms with E-state index in [0.29, 0.717) is 17.5 Å². The van der Waals surface area contributed by atoms with Crippen LogP contribution in [-0.2, 0) is 0 Å². The van der Waals surface area contributed by atoms with E-state index in [-0.39, 0.29) is 11.5 Å². The molecule has 0 radical (unpaired) electrons. The molecule has 1 aromatic heterocycles. The summed E-state index contributed by atoms with van der Waals surface area (Å²) in [5.74, 6) is -0.334. The number of hydrogen-bond donors (Lipinski definition) is 0. The molecule has 0 saturated heterocycles. The Kier molecular flexibility index (Phi) is 4.02. The van der Waals surface area contributed by atoms with Crippen LogP contribution in [0.1, 0.15) is 10.5 Å². The summed E-state index contributed by atoms with van der Waals surface area (Å²) in [6.07, 6.45) is 2.64. The molecule has 6 heteroatoms. The molecular formula is C16H12FN3OS. The van der Waals surface area contributed by atoms with Gasteiger partial charge < -0.3 is 0 Å². The second-order valence-corrected chi connectivity index (χ2v) is 5.44. The third kappa shape index (κ3) is 2.65. The zero-order valence-corrected chi connectivity index (χ0v) is 12.5. The van der Waals surface area contributed by atoms with Crippen molar-refractivity contribution >= 4 is 18.0 Å². The molecule has 22 heavy (non-hydrogen) atoms. The van der Waals surface area contributed by atoms with E-state index >= 15 is 0 Å². The average Bonchev–Trinajstić information content (AvgIpc) is 2.99. The van der Waals surface area contributed by atoms with E-state index < -0.39 is 0 Å². The number of carbonyl (C=O) groups is 1. The van der Waals surface area contributed by atoms with Gasteiger partial charge in [-0.25, -0.2) is 9.07 Å². The molecule has 0 spiro atoms. The molecule has 110 valence electrons. The molecule has 3 aromatic rings. The number of benzene rings is 2. The normalized spacial score (nSPS) is 10.6. The van der Waals surface area contributed by atoms with Gasteiger partial charge in [-0.15, -0.1) is 16.9 Å². The Bertz CT molecular complexity index is 815. The topological polar surface area (TPSA) is 47.8 Å². The van der Waals surface area contributed by atoms with E-state index in [9.17, 15) is 9.18 Å². The van der Waals surface area contributed by atoms with Crippen molar-refractivity contribution in [1.82, 2.24) is 15.0 Å². The molecule has 4 nitrogen and oxygen atoms in total. The van der Waals surface area contributed by atoms with Crippen LogP contribution < -0.4 is 0 Å². The number of carbonyl (C=O) groups excluding carboxylic acids is 1. The third-order valence-electron chi connectivity index (χ3n) is 3.22. The SMILES string of the molecule is CSc1cccc(-n2nnc(C=O)c2-c2ccc(F)cc2)c1. The minimum atomic E-state index is -0.334. The number of thioether (sulfide) groups is 1. The minimum Gasteiger partial charge on any atom is -0.296 e. The largest absolute Gasteiger partial charge is 0.296 e. The maximum atomic E-state index is 13.1. The average molecular weight is 313 g/mol. The first-order chi connectivity index (χ1) is 10.7. The number of hydrogen-bond acceptors (Lipinski definition) is 4. The Hall–Kier alpha value is -2.47. The highest BCUT2D eigenvalue weighted by molar-refractivity contribution is 7.98. The van der Waals surface area contributed by atoms with Gasteiger partial charge in [0.2, 0.25) is 0 Å². The molecule has 0 aliphatic rings. The van der Waals surface area contributed by atoms with E-state index in [1.54, 1.807) is 28.6 Å². The van der Waals surface area contributed by atoms with Crippen molar-refractivity contribution in [3.63, 3.8) is 0 Å². The van der Waals surface area contributed by atoms with Gasteiger partial charge in [0.25, 0.3) is 0 Å². The molecule has 0 N–H and O–H groups in total. The fourth-order valence-corrected chi connectivity index (χ4v) is 2.63. The number of halogens is 1. The van der Waals surface area contributed by atoms with E-state index in [4.69, 9.17) is 0 Å². The monoisotopic (exact) mass is 313 g/mol. The van der Waals surface area contributed by atoms with Gasteiger partial charge in [-0.2, -0.15) is 0 Å². The van der Waals surface area contributed by atoms with E-state index in [2.05, 4.69) is 10.3 Å². The molecule has 0 unspecified atom stereocenters. The van der Waals surface area contributed by atoms with Gasteiger partial charge >= 0.3 is 0 Å². The van der Waals surface area contributed by atoms with Gasteiger partial charge in [0.15, 0.2) is 12.0 Å². The minimum absolute atomic E-state index is 0.223. The lowest BCUT2D eigenvalue weighted by Gasteiger charge is -2.08. The summed E-state index contributed by atoms with van der Waals surface area (Å²) < 4.78 is 14.7. The van der Waals surface area contributed by atoms with Crippen LogP contribution in [0.2, 0.25) is 0 Å². The number of nitrogens with zero attached hydrogens (tertiary/aromatic N) is 3. The van der Waals surface area contributed by atoms with Gasteiger partial charge in [0.1, 0.15) is 11.5 Å². The van der Waals surface area contributed by atoms with Crippen molar-refractivity contribution in [2.24, 2.45) is 0 Å². The lowest BCUT2D eigenvalue weighted by molar-refractivity contribution is 0.111. The lowest BCUT2D eigenvalue weighted by atomic mass is 10.1. The smallest absolute Gasteiger partial charge is 0.172 e. The van der Waals surface area contributed by atoms with Gasteiger partial charge in [0.05, 0.1) is 5.69 Å². The highest BCUT2D eigenvalue weighted by Gasteiger charge is 2.16. The summed E-state index contributed by atoms with van der Waals surface area (Å²) in [7, 11) is 0. The zero-order valence-electron chi connectivity index (χ0n) is 11.7. The maximum absolute atomic E-state index is 13.1. The fraction of sp³-hybridized carbons (Fsp3) is 0.0625. The zero-order chi connectivity index (χ0) is 15.5. The molecule has 3 rings (SSSR count). The van der Waals surface area contributed by atoms with E-state index in [1.807, 2.05) is 30.5 Å². The van der Waals surface area contributed by atoms with Crippen molar-refractivity contribution in [1.29, 1.82) is 0 Å². The Balaban J connectivity index is 2.18. The molecule has 0 saturated carbocycles. The Morgan fingerprint density at radius 3 is 2.64 bits per heavy atom. The van der Waals surface area contributed by atoms with Crippen LogP contribution in [0.25, 0.3) is 16.9 Å². The van der Waals surface area contributed by atoms with Gasteiger partial charge in [0, 0.05) is 10.5 Å². The Morgan fingerprint density at radius 2 is 1.95 bits per heavy atom. The molecule has 0 aliphatic carbocycles. The van der Waals surface area contributed by atoms with Gasteiger partial charge in [-0.1, -0.05) is 11.3 Å². The summed E-state index contributed by atoms with van der Waals surface area (Å²) in [5, 5.41) is 7.97. The van der Waals surface area contributed by atoms with Crippen molar-refractivity contribution in [3.8, 4) is 16.9 Å². The summed E-state index contributed by atoms with van der Waals surface area (Å²) in [6, 6.07) is 13.7. The number of aldehydes is 1. The molecule has 0 atom stereocenters. The van der Waals surface area contributed by atoms with Gasteiger partial charge in [-0.3, -0.25) is 4.79 Å². The maximum Gasteiger partial charge on any atom is 0.172 e. The van der Waals surface area contributed by atoms with Crippen LogP contribution >= 0.6 is 11.8 Å². The van der Waals surface area contributed by atoms with E-state index in [1.165, 1.54) is 12.1 Å². The van der Waals surface area contributed by atoms with Crippen LogP contribution in [0.5, 0.6) is 0 Å². The molecular weight excluding hydrogens is 301 g/mol. The summed E-state index contributed by atoms with van der Waals surface area (Å²) in [4.78, 5) is 12.3. The van der Waals surface area contributed by atoms with Crippen LogP contribution in [0.15, 0.2) is 53.4 Å². The molecule has 1 heterocycles. The second-order valence-electron chi connectivity index (χ2n) is 4.56. The van der Waals surface area contributed by atoms with Crippen LogP contribution in [0, 0.1) is 5.82 Å². The molecule has 0 fully saturated rings. The predicted octanol–water partition coefficient (Wildman–Crippen LogP) is 3.61. The number of aromatic nitrogens is 3. The second kappa shape index (κ2) is 6.11. The first-order valence-electron chi connectivity index (χ1n) is 6.54. The standard InChI is InChI=1S/C16H12FN3OS/c1-22-14-4-2-3-13(9-14)20-16(15(10-21)18-19-20)11-5-7-12(17)8-6-11/h2-10H,1H3. The van der Waals surface area contributed by atoms with E-state index in [0.717, 1.165) is 10.6 Å². The highest BCUT2D eigenvalue weighted by atomic mass is 32.2. The number of rotatable bonds is 4. The van der Waals surface area contributed by atoms with Crippen molar-refractivity contribution in [3.05, 3.63) is 60.0 Å². The summed E-state index contributed by atoms with van der Waals surface area (Å²) >= 11 is 1.61. The van der Waals surface area contributed by atoms with Gasteiger partial charge in [-0.05, 0) is 48.7 Å². The highest BCUT2D eigenvalue weighted by Crippen LogP contribution is 2.26. The molecule has 0 aliphatic heterocycles. The van der Waals surface area contributed by atoms with Crippen LogP contribution in [0.4, 0.5) is 4.39 Å². The van der Waals surface area contributed by atoms with Crippen molar-refractivity contribution in [2.45, 2.75) is 4.90 Å². The Labute approximate surface area is 131 Å². The summed E-state index contributed by atoms with van der Waals surface area (Å²) in [6.45, 7) is 0. The molecule has 0 bridgehead atoms. The lowest BCUT2D eigenvalue weighted by Crippen LogP contribution is -2.00. The van der Waals surface area contributed by atoms with Crippen molar-refractivity contribution in [2.75, 3.05) is 6.26 Å². The Morgan fingerprint density at radius 1 is 1.18 bits per heavy atom. The quantitative estimate of drug-likeness (QED) is 0.545. The van der Waals surface area contributed by atoms with Crippen LogP contribution in [-0.4, -0.2) is 27.5 Å². The van der Waals surface area contributed by atoms with Crippen LogP contribution in [0.3, 0.4) is 0 Å². The summed E-state index contributed by atoms with van der Waals surface area (Å²) in [5.41, 5.74) is 2.25. The first-order valence-corrected chi connectivity index (χ1v) is 7.76. The predicted molar refractivity (Wildman–Crippen MR) is 83.9 cm³/mol. The molecule has 0 amide bonds. The first kappa shape index (κ1) is 14.5. The third-order valence-corrected chi connectivity index (χ3v) is 3.95. The molecule has 2 aromatic carbocycles.